The Labute approximate surface area is 201 Å². The molecule has 4 aromatic heterocycles. The number of hydrogen-bond donors (Lipinski definition) is 0. The van der Waals surface area contributed by atoms with Crippen molar-refractivity contribution in [3.63, 3.8) is 0 Å². The van der Waals surface area contributed by atoms with Crippen LogP contribution in [0.4, 0.5) is 0 Å². The Morgan fingerprint density at radius 1 is 0.686 bits per heavy atom. The molecule has 0 fully saturated rings. The number of furan rings is 2. The molecule has 0 unspecified atom stereocenters. The van der Waals surface area contributed by atoms with E-state index >= 15 is 0 Å². The Morgan fingerprint density at radius 2 is 1.46 bits per heavy atom. The smallest absolute Gasteiger partial charge is 0.230 e. The average Bonchev–Trinajstić information content (AvgIpc) is 3.48. The number of pyridine rings is 1. The first-order valence-electron chi connectivity index (χ1n) is 11.8. The minimum atomic E-state index is 0.610. The summed E-state index contributed by atoms with van der Waals surface area (Å²) in [5.41, 5.74) is 11.5. The van der Waals surface area contributed by atoms with E-state index in [1.54, 1.807) is 0 Å². The Bertz CT molecular complexity index is 1930. The van der Waals surface area contributed by atoms with Gasteiger partial charge >= 0.3 is 0 Å². The quantitative estimate of drug-likeness (QED) is 0.264. The highest BCUT2D eigenvalue weighted by Crippen LogP contribution is 2.40. The Hall–Kier alpha value is -4.38. The van der Waals surface area contributed by atoms with Crippen molar-refractivity contribution in [2.45, 2.75) is 27.7 Å². The molecule has 0 aliphatic carbocycles. The summed E-state index contributed by atoms with van der Waals surface area (Å²) in [7, 11) is 0. The number of aryl methyl sites for hydroxylation is 4. The number of imidazole rings is 1. The first kappa shape index (κ1) is 20.0. The van der Waals surface area contributed by atoms with E-state index in [9.17, 15) is 0 Å². The fourth-order valence-electron chi connectivity index (χ4n) is 5.22. The van der Waals surface area contributed by atoms with E-state index in [2.05, 4.69) is 78.9 Å². The van der Waals surface area contributed by atoms with Gasteiger partial charge < -0.3 is 8.83 Å². The number of hydrogen-bond acceptors (Lipinski definition) is 4. The van der Waals surface area contributed by atoms with Gasteiger partial charge in [-0.1, -0.05) is 30.3 Å². The van der Waals surface area contributed by atoms with Gasteiger partial charge in [0.05, 0.1) is 27.5 Å². The van der Waals surface area contributed by atoms with E-state index in [1.165, 1.54) is 11.1 Å². The molecule has 7 aromatic rings. The van der Waals surface area contributed by atoms with Gasteiger partial charge in [-0.25, -0.2) is 9.97 Å². The molecule has 0 atom stereocenters. The standard InChI is InChI=1S/C30H23N3O2/c1-16-8-7-9-17(2)26(16)33-24-11-6-5-10-23(24)32-29(33)21-15-25-22(14-18(21)3)28-27(34-25)20-13-12-19(4)31-30(20)35-28/h5-15H,1-4H3. The number of nitrogens with zero attached hydrogens (tertiary/aromatic N) is 3. The summed E-state index contributed by atoms with van der Waals surface area (Å²) in [6.45, 7) is 8.38. The summed E-state index contributed by atoms with van der Waals surface area (Å²) in [4.78, 5) is 9.62. The Morgan fingerprint density at radius 3 is 2.29 bits per heavy atom. The van der Waals surface area contributed by atoms with Gasteiger partial charge in [0, 0.05) is 11.3 Å². The number of para-hydroxylation sites is 3. The number of benzene rings is 3. The molecule has 0 N–H and O–H groups in total. The van der Waals surface area contributed by atoms with Crippen LogP contribution in [0, 0.1) is 27.7 Å². The Kier molecular flexibility index (Phi) is 4.04. The van der Waals surface area contributed by atoms with Gasteiger partial charge in [0.2, 0.25) is 5.71 Å². The number of rotatable bonds is 2. The van der Waals surface area contributed by atoms with Crippen LogP contribution in [0.1, 0.15) is 22.4 Å². The van der Waals surface area contributed by atoms with Gasteiger partial charge in [0.1, 0.15) is 11.4 Å². The maximum atomic E-state index is 6.36. The first-order valence-corrected chi connectivity index (χ1v) is 11.8. The lowest BCUT2D eigenvalue weighted by atomic mass is 10.0. The third kappa shape index (κ3) is 2.81. The second-order valence-corrected chi connectivity index (χ2v) is 9.33. The Balaban J connectivity index is 1.54. The summed E-state index contributed by atoms with van der Waals surface area (Å²) >= 11 is 0. The highest BCUT2D eigenvalue weighted by molar-refractivity contribution is 6.12. The highest BCUT2D eigenvalue weighted by atomic mass is 16.4. The molecule has 35 heavy (non-hydrogen) atoms. The molecule has 0 aliphatic rings. The first-order chi connectivity index (χ1) is 17.0. The van der Waals surface area contributed by atoms with Crippen molar-refractivity contribution in [1.82, 2.24) is 14.5 Å². The van der Waals surface area contributed by atoms with E-state index in [-0.39, 0.29) is 0 Å². The van der Waals surface area contributed by atoms with Crippen molar-refractivity contribution in [3.05, 3.63) is 89.1 Å². The van der Waals surface area contributed by atoms with Crippen LogP contribution in [0.15, 0.2) is 75.6 Å². The van der Waals surface area contributed by atoms with Gasteiger partial charge in [0.15, 0.2) is 11.2 Å². The van der Waals surface area contributed by atoms with Crippen molar-refractivity contribution >= 4 is 44.3 Å². The van der Waals surface area contributed by atoms with E-state index in [0.717, 1.165) is 66.9 Å². The molecule has 0 saturated heterocycles. The summed E-state index contributed by atoms with van der Waals surface area (Å²) in [6.07, 6.45) is 0. The lowest BCUT2D eigenvalue weighted by molar-refractivity contribution is 0.644. The van der Waals surface area contributed by atoms with Crippen LogP contribution in [-0.2, 0) is 0 Å². The van der Waals surface area contributed by atoms with Gasteiger partial charge in [-0.15, -0.1) is 0 Å². The van der Waals surface area contributed by atoms with Gasteiger partial charge in [0.25, 0.3) is 0 Å². The number of aromatic nitrogens is 3. The fourth-order valence-corrected chi connectivity index (χ4v) is 5.22. The maximum Gasteiger partial charge on any atom is 0.230 e. The molecule has 5 heteroatoms. The van der Waals surface area contributed by atoms with Crippen molar-refractivity contribution in [2.24, 2.45) is 0 Å². The molecule has 170 valence electrons. The van der Waals surface area contributed by atoms with Crippen LogP contribution >= 0.6 is 0 Å². The van der Waals surface area contributed by atoms with Crippen LogP contribution in [-0.4, -0.2) is 14.5 Å². The topological polar surface area (TPSA) is 57.0 Å². The molecular formula is C30H23N3O2. The molecule has 0 amide bonds. The van der Waals surface area contributed by atoms with E-state index < -0.39 is 0 Å². The van der Waals surface area contributed by atoms with Crippen LogP contribution in [0.3, 0.4) is 0 Å². The van der Waals surface area contributed by atoms with E-state index in [0.29, 0.717) is 5.71 Å². The molecule has 0 saturated carbocycles. The lowest BCUT2D eigenvalue weighted by Gasteiger charge is -2.16. The molecule has 7 rings (SSSR count). The third-order valence-electron chi connectivity index (χ3n) is 6.90. The fraction of sp³-hybridized carbons (Fsp3) is 0.133. The average molecular weight is 458 g/mol. The summed E-state index contributed by atoms with van der Waals surface area (Å²) in [5, 5.41) is 1.84. The molecule has 0 aliphatic heterocycles. The van der Waals surface area contributed by atoms with Crippen LogP contribution in [0.25, 0.3) is 61.3 Å². The van der Waals surface area contributed by atoms with Crippen molar-refractivity contribution < 1.29 is 8.83 Å². The van der Waals surface area contributed by atoms with Gasteiger partial charge in [-0.2, -0.15) is 0 Å². The maximum absolute atomic E-state index is 6.36. The van der Waals surface area contributed by atoms with E-state index in [4.69, 9.17) is 13.8 Å². The van der Waals surface area contributed by atoms with Crippen LogP contribution in [0.2, 0.25) is 0 Å². The zero-order chi connectivity index (χ0) is 23.8. The monoisotopic (exact) mass is 457 g/mol. The zero-order valence-corrected chi connectivity index (χ0v) is 20.0. The minimum absolute atomic E-state index is 0.610. The molecule has 0 bridgehead atoms. The molecule has 0 spiro atoms. The van der Waals surface area contributed by atoms with Crippen LogP contribution in [0.5, 0.6) is 0 Å². The highest BCUT2D eigenvalue weighted by Gasteiger charge is 2.22. The molecular weight excluding hydrogens is 434 g/mol. The predicted octanol–water partition coefficient (Wildman–Crippen LogP) is 7.97. The zero-order valence-electron chi connectivity index (χ0n) is 20.0. The lowest BCUT2D eigenvalue weighted by Crippen LogP contribution is -2.03. The van der Waals surface area contributed by atoms with Gasteiger partial charge in [-0.3, -0.25) is 4.57 Å². The summed E-state index contributed by atoms with van der Waals surface area (Å²) in [6, 6.07) is 22.9. The second kappa shape index (κ2) is 7.06. The molecule has 3 aromatic carbocycles. The normalized spacial score (nSPS) is 12.0. The summed E-state index contributed by atoms with van der Waals surface area (Å²) < 4.78 is 14.8. The van der Waals surface area contributed by atoms with Crippen molar-refractivity contribution in [1.29, 1.82) is 0 Å². The third-order valence-corrected chi connectivity index (χ3v) is 6.90. The van der Waals surface area contributed by atoms with Crippen LogP contribution < -0.4 is 0 Å². The molecule has 5 nitrogen and oxygen atoms in total. The molecule has 0 radical (unpaired) electrons. The number of fused-ring (bicyclic) bond motifs is 6. The van der Waals surface area contributed by atoms with Crippen molar-refractivity contribution in [3.8, 4) is 17.1 Å². The van der Waals surface area contributed by atoms with Gasteiger partial charge in [-0.05, 0) is 80.8 Å². The largest absolute Gasteiger partial charge is 0.452 e. The van der Waals surface area contributed by atoms with E-state index in [1.807, 2.05) is 25.1 Å². The second-order valence-electron chi connectivity index (χ2n) is 9.33. The van der Waals surface area contributed by atoms with Crippen molar-refractivity contribution in [2.75, 3.05) is 0 Å². The minimum Gasteiger partial charge on any atom is -0.452 e. The predicted molar refractivity (Wildman–Crippen MR) is 140 cm³/mol. The summed E-state index contributed by atoms with van der Waals surface area (Å²) in [5.74, 6) is 0.901. The molecule has 4 heterocycles. The SMILES string of the molecule is Cc1ccc2c(n1)oc1c3cc(C)c(-c4nc5ccccc5n4-c4c(C)cccc4C)cc3oc21.